The Bertz CT molecular complexity index is 486. The highest BCUT2D eigenvalue weighted by Gasteiger charge is 2.08. The molecule has 0 amide bonds. The van der Waals surface area contributed by atoms with Gasteiger partial charge in [-0.2, -0.15) is 0 Å². The average molecular weight is 232 g/mol. The van der Waals surface area contributed by atoms with E-state index in [4.69, 9.17) is 4.74 Å². The van der Waals surface area contributed by atoms with Crippen molar-refractivity contribution >= 4 is 17.0 Å². The molecule has 17 heavy (non-hydrogen) atoms. The molecule has 0 radical (unpaired) electrons. The number of carbonyl (C=O) groups excluding carboxylic acids is 1. The van der Waals surface area contributed by atoms with Crippen molar-refractivity contribution in [2.24, 2.45) is 0 Å². The summed E-state index contributed by atoms with van der Waals surface area (Å²) >= 11 is 0. The number of H-pyrrole nitrogens is 1. The van der Waals surface area contributed by atoms with E-state index in [-0.39, 0.29) is 12.1 Å². The number of hydrogen-bond donors (Lipinski definition) is 1. The second-order valence-electron chi connectivity index (χ2n) is 4.16. The molecule has 1 aromatic carbocycles. The van der Waals surface area contributed by atoms with Crippen molar-refractivity contribution in [1.82, 2.24) is 9.97 Å². The third kappa shape index (κ3) is 3.06. The number of esters is 1. The lowest BCUT2D eigenvalue weighted by Crippen LogP contribution is -2.13. The lowest BCUT2D eigenvalue weighted by Gasteiger charge is -2.09. The van der Waals surface area contributed by atoms with Crippen molar-refractivity contribution in [2.75, 3.05) is 0 Å². The Balaban J connectivity index is 1.97. The quantitative estimate of drug-likeness (QED) is 0.824. The molecule has 0 aliphatic heterocycles. The lowest BCUT2D eigenvalue weighted by atomic mass is 10.2. The van der Waals surface area contributed by atoms with Gasteiger partial charge in [0.25, 0.3) is 0 Å². The molecule has 0 spiro atoms. The Kier molecular flexibility index (Phi) is 3.42. The van der Waals surface area contributed by atoms with Crippen LogP contribution in [-0.2, 0) is 16.0 Å². The Morgan fingerprint density at radius 3 is 2.94 bits per heavy atom. The van der Waals surface area contributed by atoms with Crippen LogP contribution in [0.3, 0.4) is 0 Å². The number of aromatic amines is 1. The first kappa shape index (κ1) is 11.6. The molecule has 1 aromatic heterocycles. The van der Waals surface area contributed by atoms with Gasteiger partial charge in [0, 0.05) is 13.3 Å². The van der Waals surface area contributed by atoms with Gasteiger partial charge in [0.1, 0.15) is 5.82 Å². The predicted octanol–water partition coefficient (Wildman–Crippen LogP) is 2.45. The first-order chi connectivity index (χ1) is 8.15. The maximum Gasteiger partial charge on any atom is 0.302 e. The summed E-state index contributed by atoms with van der Waals surface area (Å²) in [6, 6.07) is 7.92. The molecular formula is C13H16N2O2. The molecule has 2 rings (SSSR count). The average Bonchev–Trinajstić information content (AvgIpc) is 2.68. The number of aromatic nitrogens is 2. The molecule has 90 valence electrons. The molecule has 0 aliphatic carbocycles. The Morgan fingerprint density at radius 1 is 1.47 bits per heavy atom. The van der Waals surface area contributed by atoms with E-state index < -0.39 is 0 Å². The van der Waals surface area contributed by atoms with Gasteiger partial charge in [0.2, 0.25) is 0 Å². The van der Waals surface area contributed by atoms with Crippen molar-refractivity contribution in [2.45, 2.75) is 32.8 Å². The number of aryl methyl sites for hydroxylation is 1. The third-order valence-corrected chi connectivity index (χ3v) is 2.59. The van der Waals surface area contributed by atoms with Gasteiger partial charge in [0.05, 0.1) is 17.1 Å². The van der Waals surface area contributed by atoms with E-state index in [1.54, 1.807) is 0 Å². The first-order valence-corrected chi connectivity index (χ1v) is 5.76. The van der Waals surface area contributed by atoms with Crippen molar-refractivity contribution in [3.63, 3.8) is 0 Å². The van der Waals surface area contributed by atoms with Crippen molar-refractivity contribution < 1.29 is 9.53 Å². The number of para-hydroxylation sites is 2. The molecule has 0 fully saturated rings. The number of benzene rings is 1. The van der Waals surface area contributed by atoms with E-state index >= 15 is 0 Å². The topological polar surface area (TPSA) is 55.0 Å². The Morgan fingerprint density at radius 2 is 2.24 bits per heavy atom. The van der Waals surface area contributed by atoms with Gasteiger partial charge in [-0.05, 0) is 25.5 Å². The van der Waals surface area contributed by atoms with Crippen LogP contribution in [0.25, 0.3) is 11.0 Å². The molecule has 4 heteroatoms. The molecule has 2 aromatic rings. The minimum absolute atomic E-state index is 0.0688. The number of hydrogen-bond acceptors (Lipinski definition) is 3. The van der Waals surface area contributed by atoms with Crippen LogP contribution in [0.1, 0.15) is 26.1 Å². The highest BCUT2D eigenvalue weighted by Crippen LogP contribution is 2.12. The van der Waals surface area contributed by atoms with Crippen molar-refractivity contribution in [1.29, 1.82) is 0 Å². The summed E-state index contributed by atoms with van der Waals surface area (Å²) in [7, 11) is 0. The zero-order valence-corrected chi connectivity index (χ0v) is 10.1. The second kappa shape index (κ2) is 4.99. The second-order valence-corrected chi connectivity index (χ2v) is 4.16. The van der Waals surface area contributed by atoms with Gasteiger partial charge in [-0.15, -0.1) is 0 Å². The fourth-order valence-corrected chi connectivity index (χ4v) is 1.81. The molecule has 4 nitrogen and oxygen atoms in total. The van der Waals surface area contributed by atoms with Gasteiger partial charge in [-0.1, -0.05) is 12.1 Å². The van der Waals surface area contributed by atoms with E-state index in [1.165, 1.54) is 6.92 Å². The number of fused-ring (bicyclic) bond motifs is 1. The predicted molar refractivity (Wildman–Crippen MR) is 65.6 cm³/mol. The largest absolute Gasteiger partial charge is 0.463 e. The maximum atomic E-state index is 10.8. The van der Waals surface area contributed by atoms with Crippen molar-refractivity contribution in [3.05, 3.63) is 30.1 Å². The Hall–Kier alpha value is -1.84. The summed E-state index contributed by atoms with van der Waals surface area (Å²) in [5.41, 5.74) is 2.02. The summed E-state index contributed by atoms with van der Waals surface area (Å²) in [4.78, 5) is 18.5. The minimum Gasteiger partial charge on any atom is -0.463 e. The van der Waals surface area contributed by atoms with Crippen LogP contribution in [0.4, 0.5) is 0 Å². The molecule has 0 aliphatic rings. The fraction of sp³-hybridized carbons (Fsp3) is 0.385. The monoisotopic (exact) mass is 232 g/mol. The van der Waals surface area contributed by atoms with E-state index in [0.717, 1.165) is 29.7 Å². The van der Waals surface area contributed by atoms with Crippen LogP contribution in [0.15, 0.2) is 24.3 Å². The number of rotatable bonds is 4. The molecular weight excluding hydrogens is 216 g/mol. The number of nitrogens with zero attached hydrogens (tertiary/aromatic N) is 1. The van der Waals surface area contributed by atoms with E-state index in [9.17, 15) is 4.79 Å². The highest BCUT2D eigenvalue weighted by atomic mass is 16.5. The van der Waals surface area contributed by atoms with Gasteiger partial charge in [-0.3, -0.25) is 4.79 Å². The summed E-state index contributed by atoms with van der Waals surface area (Å²) < 4.78 is 5.07. The van der Waals surface area contributed by atoms with E-state index in [1.807, 2.05) is 31.2 Å². The van der Waals surface area contributed by atoms with E-state index in [0.29, 0.717) is 0 Å². The van der Waals surface area contributed by atoms with E-state index in [2.05, 4.69) is 9.97 Å². The van der Waals surface area contributed by atoms with Crippen molar-refractivity contribution in [3.8, 4) is 0 Å². The summed E-state index contributed by atoms with van der Waals surface area (Å²) in [5, 5.41) is 0. The summed E-state index contributed by atoms with van der Waals surface area (Å²) in [6.45, 7) is 3.32. The van der Waals surface area contributed by atoms with Crippen LogP contribution in [0.5, 0.6) is 0 Å². The third-order valence-electron chi connectivity index (χ3n) is 2.59. The van der Waals surface area contributed by atoms with Gasteiger partial charge >= 0.3 is 5.97 Å². The van der Waals surface area contributed by atoms with Crippen LogP contribution in [0, 0.1) is 0 Å². The number of nitrogens with one attached hydrogen (secondary N) is 1. The number of ether oxygens (including phenoxy) is 1. The van der Waals surface area contributed by atoms with Crippen LogP contribution in [-0.4, -0.2) is 22.0 Å². The standard InChI is InChI=1S/C13H16N2O2/c1-9(17-10(2)16)7-8-13-14-11-5-3-4-6-12(11)15-13/h3-6,9H,7-8H2,1-2H3,(H,14,15). The summed E-state index contributed by atoms with van der Waals surface area (Å²) in [5.74, 6) is 0.701. The zero-order chi connectivity index (χ0) is 12.3. The molecule has 0 bridgehead atoms. The maximum absolute atomic E-state index is 10.8. The normalized spacial score (nSPS) is 12.6. The molecule has 0 saturated heterocycles. The van der Waals surface area contributed by atoms with Crippen LogP contribution < -0.4 is 0 Å². The zero-order valence-electron chi connectivity index (χ0n) is 10.1. The SMILES string of the molecule is CC(=O)OC(C)CCc1nc2ccccc2[nH]1. The van der Waals surface area contributed by atoms with Crippen LogP contribution >= 0.6 is 0 Å². The molecule has 0 saturated carbocycles. The van der Waals surface area contributed by atoms with Crippen LogP contribution in [0.2, 0.25) is 0 Å². The summed E-state index contributed by atoms with van der Waals surface area (Å²) in [6.07, 6.45) is 1.49. The van der Waals surface area contributed by atoms with Gasteiger partial charge in [-0.25, -0.2) is 4.98 Å². The highest BCUT2D eigenvalue weighted by molar-refractivity contribution is 5.74. The smallest absolute Gasteiger partial charge is 0.302 e. The number of carbonyl (C=O) groups is 1. The van der Waals surface area contributed by atoms with Gasteiger partial charge in [0.15, 0.2) is 0 Å². The molecule has 1 N–H and O–H groups in total. The number of imidazole rings is 1. The molecule has 1 heterocycles. The molecule has 1 atom stereocenters. The fourth-order valence-electron chi connectivity index (χ4n) is 1.81. The Labute approximate surface area is 100 Å². The lowest BCUT2D eigenvalue weighted by molar-refractivity contribution is -0.145. The minimum atomic E-state index is -0.234. The molecule has 1 unspecified atom stereocenters. The van der Waals surface area contributed by atoms with Gasteiger partial charge < -0.3 is 9.72 Å². The first-order valence-electron chi connectivity index (χ1n) is 5.76.